The Morgan fingerprint density at radius 3 is 2.52 bits per heavy atom. The summed E-state index contributed by atoms with van der Waals surface area (Å²) in [5.74, 6) is -0.326. The third-order valence-corrected chi connectivity index (χ3v) is 4.97. The van der Waals surface area contributed by atoms with Crippen molar-refractivity contribution in [3.05, 3.63) is 53.1 Å². The maximum Gasteiger partial charge on any atom is 0.417 e. The van der Waals surface area contributed by atoms with Crippen LogP contribution in [0.15, 0.2) is 30.7 Å². The summed E-state index contributed by atoms with van der Waals surface area (Å²) in [5, 5.41) is 17.8. The Morgan fingerprint density at radius 2 is 1.91 bits per heavy atom. The fraction of sp³-hybridized carbons (Fsp3) is 0.455. The van der Waals surface area contributed by atoms with Crippen molar-refractivity contribution in [2.75, 3.05) is 6.61 Å². The minimum atomic E-state index is -4.44. The third-order valence-electron chi connectivity index (χ3n) is 4.97. The number of aryl methyl sites for hydroxylation is 3. The lowest BCUT2D eigenvalue weighted by molar-refractivity contribution is -0.138. The number of carbonyl (C=O) groups is 1. The van der Waals surface area contributed by atoms with Crippen LogP contribution in [0.2, 0.25) is 0 Å². The highest BCUT2D eigenvalue weighted by atomic mass is 19.4. The zero-order chi connectivity index (χ0) is 24.0. The standard InChI is InChI=1S/C22H26F3N5O3/c1-3-6-18-15(14-30(27-18)19-9-8-17(12-26-19)22(23,24)25)7-5-10-33-21-16(11-20(31)32)13-29(4-2)28-21/h8-9,12-14H,3-7,10-11H2,1-2H3,(H,31,32). The molecule has 0 unspecified atom stereocenters. The van der Waals surface area contributed by atoms with Crippen molar-refractivity contribution < 1.29 is 27.8 Å². The Balaban J connectivity index is 1.66. The minimum absolute atomic E-state index is 0.164. The number of rotatable bonds is 11. The second kappa shape index (κ2) is 10.5. The van der Waals surface area contributed by atoms with Crippen molar-refractivity contribution in [3.63, 3.8) is 0 Å². The number of carboxylic acids is 1. The van der Waals surface area contributed by atoms with Crippen LogP contribution in [0.1, 0.15) is 49.1 Å². The van der Waals surface area contributed by atoms with Gasteiger partial charge in [0.05, 0.1) is 24.3 Å². The van der Waals surface area contributed by atoms with Crippen LogP contribution >= 0.6 is 0 Å². The molecule has 0 saturated carbocycles. The second-order valence-electron chi connectivity index (χ2n) is 7.54. The molecule has 3 aromatic heterocycles. The quantitative estimate of drug-likeness (QED) is 0.429. The van der Waals surface area contributed by atoms with Crippen LogP contribution in [-0.4, -0.2) is 42.2 Å². The molecule has 11 heteroatoms. The SMILES string of the molecule is CCCc1nn(-c2ccc(C(F)(F)F)cn2)cc1CCCOc1nn(CC)cc1CC(=O)O. The molecule has 0 aromatic carbocycles. The lowest BCUT2D eigenvalue weighted by Gasteiger charge is -2.06. The van der Waals surface area contributed by atoms with E-state index in [9.17, 15) is 18.0 Å². The van der Waals surface area contributed by atoms with E-state index in [2.05, 4.69) is 15.2 Å². The number of aliphatic carboxylic acids is 1. The summed E-state index contributed by atoms with van der Waals surface area (Å²) in [5.41, 5.74) is 1.54. The first-order valence-electron chi connectivity index (χ1n) is 10.7. The molecule has 0 saturated heterocycles. The highest BCUT2D eigenvalue weighted by molar-refractivity contribution is 5.70. The lowest BCUT2D eigenvalue weighted by Crippen LogP contribution is -2.07. The van der Waals surface area contributed by atoms with Crippen molar-refractivity contribution in [1.29, 1.82) is 0 Å². The topological polar surface area (TPSA) is 95.1 Å². The van der Waals surface area contributed by atoms with Gasteiger partial charge in [0.25, 0.3) is 0 Å². The Labute approximate surface area is 189 Å². The number of nitrogens with zero attached hydrogens (tertiary/aromatic N) is 5. The molecule has 8 nitrogen and oxygen atoms in total. The molecular weight excluding hydrogens is 439 g/mol. The molecule has 0 atom stereocenters. The van der Waals surface area contributed by atoms with Crippen LogP contribution in [0.25, 0.3) is 5.82 Å². The molecule has 0 aliphatic carbocycles. The van der Waals surface area contributed by atoms with Crippen LogP contribution in [0.4, 0.5) is 13.2 Å². The van der Waals surface area contributed by atoms with Gasteiger partial charge in [-0.3, -0.25) is 9.48 Å². The van der Waals surface area contributed by atoms with E-state index in [0.717, 1.165) is 36.4 Å². The average molecular weight is 465 g/mol. The largest absolute Gasteiger partial charge is 0.481 e. The monoisotopic (exact) mass is 465 g/mol. The number of aromatic nitrogens is 5. The number of halogens is 3. The Hall–Kier alpha value is -3.37. The van der Waals surface area contributed by atoms with Gasteiger partial charge >= 0.3 is 12.1 Å². The summed E-state index contributed by atoms with van der Waals surface area (Å²) in [6, 6.07) is 2.29. The molecule has 33 heavy (non-hydrogen) atoms. The molecule has 0 fully saturated rings. The van der Waals surface area contributed by atoms with E-state index in [-0.39, 0.29) is 6.42 Å². The van der Waals surface area contributed by atoms with E-state index in [1.807, 2.05) is 13.8 Å². The van der Waals surface area contributed by atoms with Crippen LogP contribution < -0.4 is 4.74 Å². The van der Waals surface area contributed by atoms with Gasteiger partial charge in [0.1, 0.15) is 0 Å². The zero-order valence-electron chi connectivity index (χ0n) is 18.5. The summed E-state index contributed by atoms with van der Waals surface area (Å²) in [4.78, 5) is 15.0. The van der Waals surface area contributed by atoms with E-state index in [1.165, 1.54) is 10.7 Å². The summed E-state index contributed by atoms with van der Waals surface area (Å²) in [6.45, 7) is 4.87. The highest BCUT2D eigenvalue weighted by Crippen LogP contribution is 2.28. The van der Waals surface area contributed by atoms with Gasteiger partial charge in [0.15, 0.2) is 5.82 Å². The number of ether oxygens (including phenoxy) is 1. The summed E-state index contributed by atoms with van der Waals surface area (Å²) < 4.78 is 47.2. The maximum atomic E-state index is 12.8. The number of hydrogen-bond donors (Lipinski definition) is 1. The fourth-order valence-electron chi connectivity index (χ4n) is 3.35. The third kappa shape index (κ3) is 6.33. The van der Waals surface area contributed by atoms with Gasteiger partial charge in [-0.25, -0.2) is 9.67 Å². The fourth-order valence-corrected chi connectivity index (χ4v) is 3.35. The molecule has 3 heterocycles. The Morgan fingerprint density at radius 1 is 1.12 bits per heavy atom. The van der Waals surface area contributed by atoms with Gasteiger partial charge in [0.2, 0.25) is 5.88 Å². The molecule has 0 aliphatic rings. The van der Waals surface area contributed by atoms with Crippen molar-refractivity contribution >= 4 is 5.97 Å². The van der Waals surface area contributed by atoms with E-state index < -0.39 is 17.7 Å². The minimum Gasteiger partial charge on any atom is -0.481 e. The molecule has 3 rings (SSSR count). The van der Waals surface area contributed by atoms with Gasteiger partial charge in [-0.15, -0.1) is 5.10 Å². The Kier molecular flexibility index (Phi) is 7.72. The first-order valence-corrected chi connectivity index (χ1v) is 10.7. The predicted molar refractivity (Wildman–Crippen MR) is 113 cm³/mol. The first kappa shape index (κ1) is 24.3. The molecule has 0 aliphatic heterocycles. The van der Waals surface area contributed by atoms with E-state index in [4.69, 9.17) is 9.84 Å². The van der Waals surface area contributed by atoms with Crippen molar-refractivity contribution in [1.82, 2.24) is 24.5 Å². The van der Waals surface area contributed by atoms with E-state index >= 15 is 0 Å². The molecule has 0 bridgehead atoms. The van der Waals surface area contributed by atoms with Crippen molar-refractivity contribution in [2.45, 2.75) is 58.7 Å². The van der Waals surface area contributed by atoms with Crippen LogP contribution in [0.5, 0.6) is 5.88 Å². The molecule has 3 aromatic rings. The predicted octanol–water partition coefficient (Wildman–Crippen LogP) is 4.09. The highest BCUT2D eigenvalue weighted by Gasteiger charge is 2.30. The number of pyridine rings is 1. The summed E-state index contributed by atoms with van der Waals surface area (Å²) >= 11 is 0. The molecule has 178 valence electrons. The summed E-state index contributed by atoms with van der Waals surface area (Å²) in [6.07, 6.45) is 2.52. The molecular formula is C22H26F3N5O3. The number of alkyl halides is 3. The lowest BCUT2D eigenvalue weighted by atomic mass is 10.1. The van der Waals surface area contributed by atoms with Gasteiger partial charge in [-0.1, -0.05) is 13.3 Å². The van der Waals surface area contributed by atoms with Gasteiger partial charge in [-0.05, 0) is 43.9 Å². The van der Waals surface area contributed by atoms with E-state index in [1.54, 1.807) is 17.1 Å². The van der Waals surface area contributed by atoms with Crippen LogP contribution in [-0.2, 0) is 36.8 Å². The molecule has 0 spiro atoms. The molecule has 0 radical (unpaired) electrons. The van der Waals surface area contributed by atoms with E-state index in [0.29, 0.717) is 43.3 Å². The normalized spacial score (nSPS) is 11.7. The van der Waals surface area contributed by atoms with Gasteiger partial charge in [-0.2, -0.15) is 18.3 Å². The van der Waals surface area contributed by atoms with Crippen LogP contribution in [0, 0.1) is 0 Å². The molecule has 1 N–H and O–H groups in total. The smallest absolute Gasteiger partial charge is 0.417 e. The van der Waals surface area contributed by atoms with Crippen molar-refractivity contribution in [3.8, 4) is 11.7 Å². The first-order chi connectivity index (χ1) is 15.7. The number of hydrogen-bond acceptors (Lipinski definition) is 5. The Bertz CT molecular complexity index is 1070. The van der Waals surface area contributed by atoms with Gasteiger partial charge in [0, 0.05) is 30.7 Å². The number of carboxylic acid groups (broad SMARTS) is 1. The van der Waals surface area contributed by atoms with Crippen molar-refractivity contribution in [2.24, 2.45) is 0 Å². The summed E-state index contributed by atoms with van der Waals surface area (Å²) in [7, 11) is 0. The average Bonchev–Trinajstić information content (AvgIpc) is 3.34. The van der Waals surface area contributed by atoms with Crippen LogP contribution in [0.3, 0.4) is 0 Å². The molecule has 0 amide bonds. The van der Waals surface area contributed by atoms with Gasteiger partial charge < -0.3 is 9.84 Å². The zero-order valence-corrected chi connectivity index (χ0v) is 18.5. The maximum absolute atomic E-state index is 12.8. The second-order valence-corrected chi connectivity index (χ2v) is 7.54.